The molecule has 1 rings (SSSR count). The number of hydrogen-bond donors (Lipinski definition) is 2. The number of unbranched alkanes of at least 4 members (excludes halogenated alkanes) is 2. The molecule has 1 saturated heterocycles. The zero-order valence-corrected chi connectivity index (χ0v) is 10.2. The molecule has 7 heteroatoms. The minimum absolute atomic E-state index is 0.0360. The standard InChI is InChI=1S/C11H19F3N2O2/c12-11(13,14)10(18)5-7-16(8-10)9(17)4-2-1-3-6-15/h18H,1-8,15H2. The van der Waals surface area contributed by atoms with Crippen molar-refractivity contribution in [2.75, 3.05) is 19.6 Å². The number of alkyl halides is 3. The fourth-order valence-corrected chi connectivity index (χ4v) is 1.99. The first-order valence-corrected chi connectivity index (χ1v) is 6.07. The van der Waals surface area contributed by atoms with Crippen molar-refractivity contribution in [3.63, 3.8) is 0 Å². The van der Waals surface area contributed by atoms with E-state index in [1.54, 1.807) is 0 Å². The third-order valence-electron chi connectivity index (χ3n) is 3.22. The molecule has 1 amide bonds. The molecule has 0 saturated carbocycles. The molecule has 0 spiro atoms. The third kappa shape index (κ3) is 3.58. The van der Waals surface area contributed by atoms with Gasteiger partial charge < -0.3 is 15.7 Å². The van der Waals surface area contributed by atoms with E-state index in [1.165, 1.54) is 0 Å². The van der Waals surface area contributed by atoms with Gasteiger partial charge >= 0.3 is 6.18 Å². The zero-order chi connectivity index (χ0) is 13.8. The SMILES string of the molecule is NCCCCCC(=O)N1CCC(O)(C(F)(F)F)C1. The van der Waals surface area contributed by atoms with Gasteiger partial charge in [0.2, 0.25) is 5.91 Å². The van der Waals surface area contributed by atoms with E-state index in [4.69, 9.17) is 5.73 Å². The third-order valence-corrected chi connectivity index (χ3v) is 3.22. The molecule has 1 unspecified atom stereocenters. The van der Waals surface area contributed by atoms with Crippen LogP contribution >= 0.6 is 0 Å². The number of likely N-dealkylation sites (tertiary alicyclic amines) is 1. The number of aliphatic hydroxyl groups is 1. The number of carbonyl (C=O) groups excluding carboxylic acids is 1. The second-order valence-electron chi connectivity index (χ2n) is 4.69. The van der Waals surface area contributed by atoms with E-state index in [1.807, 2.05) is 0 Å². The molecule has 0 aromatic heterocycles. The fraction of sp³-hybridized carbons (Fsp3) is 0.909. The molecule has 1 aliphatic rings. The van der Waals surface area contributed by atoms with Gasteiger partial charge in [-0.2, -0.15) is 13.2 Å². The van der Waals surface area contributed by atoms with Crippen molar-refractivity contribution < 1.29 is 23.1 Å². The first kappa shape index (κ1) is 15.2. The molecule has 3 N–H and O–H groups in total. The van der Waals surface area contributed by atoms with Gasteiger partial charge in [0.25, 0.3) is 0 Å². The first-order valence-electron chi connectivity index (χ1n) is 6.07. The van der Waals surface area contributed by atoms with Crippen molar-refractivity contribution in [2.24, 2.45) is 5.73 Å². The van der Waals surface area contributed by atoms with E-state index >= 15 is 0 Å². The second kappa shape index (κ2) is 5.88. The summed E-state index contributed by atoms with van der Waals surface area (Å²) in [5.41, 5.74) is 2.56. The van der Waals surface area contributed by atoms with Crippen LogP contribution in [-0.4, -0.2) is 47.3 Å². The molecule has 0 radical (unpaired) electrons. The Labute approximate surface area is 104 Å². The van der Waals surface area contributed by atoms with Crippen LogP contribution in [0.4, 0.5) is 13.2 Å². The van der Waals surface area contributed by atoms with Gasteiger partial charge in [0.1, 0.15) is 0 Å². The van der Waals surface area contributed by atoms with Crippen LogP contribution in [0.5, 0.6) is 0 Å². The van der Waals surface area contributed by atoms with Gasteiger partial charge in [-0.05, 0) is 19.4 Å². The molecule has 0 aromatic rings. The summed E-state index contributed by atoms with van der Waals surface area (Å²) in [4.78, 5) is 12.7. The predicted molar refractivity (Wildman–Crippen MR) is 59.7 cm³/mol. The minimum atomic E-state index is -4.68. The molecule has 18 heavy (non-hydrogen) atoms. The number of halogens is 3. The Bertz CT molecular complexity index is 297. The number of nitrogens with zero attached hydrogens (tertiary/aromatic N) is 1. The average molecular weight is 268 g/mol. The smallest absolute Gasteiger partial charge is 0.379 e. The van der Waals surface area contributed by atoms with Crippen molar-refractivity contribution in [3.8, 4) is 0 Å². The van der Waals surface area contributed by atoms with E-state index < -0.39 is 24.7 Å². The Morgan fingerprint density at radius 2 is 2.00 bits per heavy atom. The maximum atomic E-state index is 12.5. The summed E-state index contributed by atoms with van der Waals surface area (Å²) in [6, 6.07) is 0. The van der Waals surface area contributed by atoms with Crippen molar-refractivity contribution in [2.45, 2.75) is 43.9 Å². The summed E-state index contributed by atoms with van der Waals surface area (Å²) < 4.78 is 37.6. The van der Waals surface area contributed by atoms with Crippen LogP contribution in [0.25, 0.3) is 0 Å². The van der Waals surface area contributed by atoms with Gasteiger partial charge in [0.15, 0.2) is 5.60 Å². The molecular weight excluding hydrogens is 249 g/mol. The van der Waals surface area contributed by atoms with E-state index in [0.717, 1.165) is 17.7 Å². The summed E-state index contributed by atoms with van der Waals surface area (Å²) in [5, 5.41) is 9.42. The number of amides is 1. The fourth-order valence-electron chi connectivity index (χ4n) is 1.99. The normalized spacial score (nSPS) is 24.6. The zero-order valence-electron chi connectivity index (χ0n) is 10.2. The molecule has 1 fully saturated rings. The van der Waals surface area contributed by atoms with Gasteiger partial charge in [-0.25, -0.2) is 0 Å². The number of hydrogen-bond acceptors (Lipinski definition) is 3. The van der Waals surface area contributed by atoms with Crippen molar-refractivity contribution in [1.29, 1.82) is 0 Å². The van der Waals surface area contributed by atoms with Crippen molar-refractivity contribution in [1.82, 2.24) is 4.90 Å². The molecule has 4 nitrogen and oxygen atoms in total. The Morgan fingerprint density at radius 3 is 2.50 bits per heavy atom. The van der Waals surface area contributed by atoms with E-state index in [2.05, 4.69) is 0 Å². The molecule has 1 heterocycles. The summed E-state index contributed by atoms with van der Waals surface area (Å²) in [5.74, 6) is -0.327. The first-order chi connectivity index (χ1) is 8.30. The highest BCUT2D eigenvalue weighted by Gasteiger charge is 2.57. The number of carbonyl (C=O) groups is 1. The van der Waals surface area contributed by atoms with Crippen LogP contribution < -0.4 is 5.73 Å². The highest BCUT2D eigenvalue weighted by Crippen LogP contribution is 2.37. The van der Waals surface area contributed by atoms with Gasteiger partial charge in [-0.1, -0.05) is 6.42 Å². The lowest BCUT2D eigenvalue weighted by atomic mass is 10.0. The van der Waals surface area contributed by atoms with E-state index in [9.17, 15) is 23.1 Å². The topological polar surface area (TPSA) is 66.6 Å². The van der Waals surface area contributed by atoms with Crippen LogP contribution in [0, 0.1) is 0 Å². The number of rotatable bonds is 5. The van der Waals surface area contributed by atoms with Crippen LogP contribution in [-0.2, 0) is 4.79 Å². The lowest BCUT2D eigenvalue weighted by Crippen LogP contribution is -2.48. The molecule has 1 atom stereocenters. The lowest BCUT2D eigenvalue weighted by molar-refractivity contribution is -0.253. The van der Waals surface area contributed by atoms with E-state index in [0.29, 0.717) is 13.0 Å². The quantitative estimate of drug-likeness (QED) is 0.732. The van der Waals surface area contributed by atoms with Gasteiger partial charge in [0.05, 0.1) is 6.54 Å². The average Bonchev–Trinajstić information content (AvgIpc) is 2.68. The number of β-amino-alcohol motifs (C(OH)–C–C–N with tert-alkyl or cyclic N) is 1. The maximum absolute atomic E-state index is 12.5. The number of nitrogens with two attached hydrogens (primary N) is 1. The highest BCUT2D eigenvalue weighted by atomic mass is 19.4. The molecule has 1 aliphatic heterocycles. The second-order valence-corrected chi connectivity index (χ2v) is 4.69. The molecule has 0 aromatic carbocycles. The maximum Gasteiger partial charge on any atom is 0.419 e. The molecule has 0 bridgehead atoms. The van der Waals surface area contributed by atoms with E-state index in [-0.39, 0.29) is 18.9 Å². The minimum Gasteiger partial charge on any atom is -0.379 e. The van der Waals surface area contributed by atoms with Crippen molar-refractivity contribution in [3.05, 3.63) is 0 Å². The van der Waals surface area contributed by atoms with Crippen LogP contribution in [0.2, 0.25) is 0 Å². The lowest BCUT2D eigenvalue weighted by Gasteiger charge is -2.25. The van der Waals surface area contributed by atoms with Crippen LogP contribution in [0.1, 0.15) is 32.1 Å². The Hall–Kier alpha value is -0.820. The Morgan fingerprint density at radius 1 is 1.33 bits per heavy atom. The van der Waals surface area contributed by atoms with Crippen molar-refractivity contribution >= 4 is 5.91 Å². The molecule has 106 valence electrons. The van der Waals surface area contributed by atoms with Gasteiger partial charge in [0, 0.05) is 19.4 Å². The molecular formula is C11H19F3N2O2. The monoisotopic (exact) mass is 268 g/mol. The summed E-state index contributed by atoms with van der Waals surface area (Å²) >= 11 is 0. The van der Waals surface area contributed by atoms with Gasteiger partial charge in [-0.3, -0.25) is 4.79 Å². The predicted octanol–water partition coefficient (Wildman–Crippen LogP) is 1.03. The molecule has 0 aliphatic carbocycles. The van der Waals surface area contributed by atoms with Crippen LogP contribution in [0.3, 0.4) is 0 Å². The Balaban J connectivity index is 2.39. The van der Waals surface area contributed by atoms with Gasteiger partial charge in [-0.15, -0.1) is 0 Å². The summed E-state index contributed by atoms with van der Waals surface area (Å²) in [7, 11) is 0. The Kier molecular flexibility index (Phi) is 4.98. The summed E-state index contributed by atoms with van der Waals surface area (Å²) in [6.07, 6.45) is -2.68. The van der Waals surface area contributed by atoms with Crippen LogP contribution in [0.15, 0.2) is 0 Å². The highest BCUT2D eigenvalue weighted by molar-refractivity contribution is 5.76. The largest absolute Gasteiger partial charge is 0.419 e. The summed E-state index contributed by atoms with van der Waals surface area (Å²) in [6.45, 7) is -0.135.